The summed E-state index contributed by atoms with van der Waals surface area (Å²) < 4.78 is 0. The topological polar surface area (TPSA) is 46.2 Å². The molecule has 1 aromatic rings. The Hall–Kier alpha value is -2.42. The Morgan fingerprint density at radius 3 is 2.50 bits per heavy atom. The van der Waals surface area contributed by atoms with E-state index in [2.05, 4.69) is 51.2 Å². The Kier molecular flexibility index (Phi) is 8.18. The highest BCUT2D eigenvalue weighted by molar-refractivity contribution is 5.95. The van der Waals surface area contributed by atoms with Gasteiger partial charge in [0.25, 0.3) is 0 Å². The predicted molar refractivity (Wildman–Crippen MR) is 172 cm³/mol. The van der Waals surface area contributed by atoms with Crippen LogP contribution in [0.25, 0.3) is 0 Å². The van der Waals surface area contributed by atoms with E-state index < -0.39 is 5.41 Å². The van der Waals surface area contributed by atoms with E-state index in [0.717, 1.165) is 60.1 Å². The minimum atomic E-state index is -0.424. The molecule has 3 heteroatoms. The van der Waals surface area contributed by atoms with Gasteiger partial charge < -0.3 is 5.32 Å². The summed E-state index contributed by atoms with van der Waals surface area (Å²) in [7, 11) is 0. The third kappa shape index (κ3) is 4.87. The summed E-state index contributed by atoms with van der Waals surface area (Å²) in [5, 5.41) is 3.52. The number of nitrogens with one attached hydrogen (secondary N) is 1. The number of ketones is 2. The Bertz CT molecular complexity index is 1260. The van der Waals surface area contributed by atoms with Gasteiger partial charge in [-0.1, -0.05) is 76.1 Å². The Labute approximate surface area is 254 Å². The van der Waals surface area contributed by atoms with E-state index in [0.29, 0.717) is 30.0 Å². The number of unbranched alkanes of at least 4 members (excludes halogenated alkanes) is 1. The van der Waals surface area contributed by atoms with Crippen molar-refractivity contribution < 1.29 is 9.59 Å². The predicted octanol–water partition coefficient (Wildman–Crippen LogP) is 9.47. The number of carbonyl (C=O) groups is 2. The van der Waals surface area contributed by atoms with E-state index in [-0.39, 0.29) is 11.2 Å². The van der Waals surface area contributed by atoms with E-state index in [1.54, 1.807) is 0 Å². The second kappa shape index (κ2) is 11.6. The highest BCUT2D eigenvalue weighted by Gasteiger charge is 2.65. The average molecular weight is 568 g/mol. The largest absolute Gasteiger partial charge is 0.364 e. The number of allylic oxidation sites excluding steroid dienone is 5. The lowest BCUT2D eigenvalue weighted by Gasteiger charge is -2.64. The molecule has 5 aliphatic rings. The summed E-state index contributed by atoms with van der Waals surface area (Å²) in [4.78, 5) is 26.3. The van der Waals surface area contributed by atoms with Gasteiger partial charge in [0.15, 0.2) is 5.78 Å². The monoisotopic (exact) mass is 567 g/mol. The molecule has 42 heavy (non-hydrogen) atoms. The molecule has 1 N–H and O–H groups in total. The maximum atomic E-state index is 13.7. The molecule has 0 bridgehead atoms. The first-order chi connectivity index (χ1) is 20.2. The molecule has 226 valence electrons. The molecular formula is C39H53NO2. The maximum absolute atomic E-state index is 13.7. The summed E-state index contributed by atoms with van der Waals surface area (Å²) in [6.45, 7) is 10.0. The lowest BCUT2D eigenvalue weighted by atomic mass is 9.40. The number of fused-ring (bicyclic) bond motifs is 5. The van der Waals surface area contributed by atoms with Crippen molar-refractivity contribution in [3.63, 3.8) is 0 Å². The molecule has 4 saturated carbocycles. The minimum absolute atomic E-state index is 0.226. The Morgan fingerprint density at radius 2 is 1.69 bits per heavy atom. The zero-order chi connectivity index (χ0) is 29.5. The molecule has 9 atom stereocenters. The Morgan fingerprint density at radius 1 is 0.905 bits per heavy atom. The van der Waals surface area contributed by atoms with Gasteiger partial charge in [-0.3, -0.25) is 9.59 Å². The number of hydrogen-bond acceptors (Lipinski definition) is 3. The molecule has 1 aromatic carbocycles. The molecule has 1 heterocycles. The third-order valence-corrected chi connectivity index (χ3v) is 13.6. The van der Waals surface area contributed by atoms with Crippen LogP contribution in [0.4, 0.5) is 0 Å². The van der Waals surface area contributed by atoms with Gasteiger partial charge in [0, 0.05) is 30.3 Å². The van der Waals surface area contributed by atoms with E-state index in [9.17, 15) is 9.59 Å². The number of carbonyl (C=O) groups excluding carboxylic acids is 2. The molecule has 0 radical (unpaired) electrons. The smallest absolute Gasteiger partial charge is 0.162 e. The van der Waals surface area contributed by atoms with Crippen LogP contribution in [-0.4, -0.2) is 11.6 Å². The first-order valence-corrected chi connectivity index (χ1v) is 17.1. The number of benzene rings is 1. The third-order valence-electron chi connectivity index (χ3n) is 13.6. The lowest BCUT2D eigenvalue weighted by molar-refractivity contribution is -0.162. The molecule has 6 rings (SSSR count). The van der Waals surface area contributed by atoms with Crippen LogP contribution in [0.3, 0.4) is 0 Å². The highest BCUT2D eigenvalue weighted by atomic mass is 16.1. The lowest BCUT2D eigenvalue weighted by Crippen LogP contribution is -2.60. The minimum Gasteiger partial charge on any atom is -0.364 e. The van der Waals surface area contributed by atoms with Crippen LogP contribution >= 0.6 is 0 Å². The normalized spacial score (nSPS) is 39.8. The fraction of sp³-hybridized carbons (Fsp3) is 0.641. The van der Waals surface area contributed by atoms with E-state index in [1.165, 1.54) is 44.9 Å². The van der Waals surface area contributed by atoms with Gasteiger partial charge in [-0.25, -0.2) is 0 Å². The number of hydrogen-bond donors (Lipinski definition) is 1. The van der Waals surface area contributed by atoms with Crippen LogP contribution in [-0.2, 0) is 4.79 Å². The number of rotatable bonds is 8. The summed E-state index contributed by atoms with van der Waals surface area (Å²) >= 11 is 0. The second-order valence-corrected chi connectivity index (χ2v) is 15.3. The average Bonchev–Trinajstić information content (AvgIpc) is 3.14. The van der Waals surface area contributed by atoms with E-state index in [4.69, 9.17) is 0 Å². The summed E-state index contributed by atoms with van der Waals surface area (Å²) in [6.07, 6.45) is 24.1. The van der Waals surface area contributed by atoms with Crippen molar-refractivity contribution in [2.45, 2.75) is 105 Å². The van der Waals surface area contributed by atoms with Gasteiger partial charge in [0.1, 0.15) is 5.78 Å². The zero-order valence-electron chi connectivity index (χ0n) is 26.5. The SMILES string of the molecule is CC(CCCCC(=O)c1ccccc1)C1CC[C@H]2[C@@H]3CC[C@H]4C(C)(C5=CC=CC=CN5)C(=O)CC[C@]4(C)[C@H]3CC[C@]12C. The van der Waals surface area contributed by atoms with Crippen LogP contribution in [0, 0.1) is 51.8 Å². The standard InChI is InChI=1S/C39H53NO2/c1-27(13-10-11-16-33(41)28-14-7-5-8-15-28)30-19-20-31-29-18-21-34-38(3,32(29)22-24-37(30,31)2)25-23-36(42)39(34,4)35-17-9-6-12-26-40-35/h5-9,12,14-15,17,26-27,29-32,34,40H,10-11,13,16,18-25H2,1-4H3/t27?,29-,30?,31-,32-,34+,37+,38+,39?/m0/s1. The first kappa shape index (κ1) is 29.6. The van der Waals surface area contributed by atoms with E-state index in [1.807, 2.05) is 42.6 Å². The zero-order valence-corrected chi connectivity index (χ0v) is 26.5. The van der Waals surface area contributed by atoms with Crippen molar-refractivity contribution in [3.05, 3.63) is 72.1 Å². The second-order valence-electron chi connectivity index (χ2n) is 15.3. The Balaban J connectivity index is 1.12. The fourth-order valence-electron chi connectivity index (χ4n) is 11.4. The summed E-state index contributed by atoms with van der Waals surface area (Å²) in [5.74, 6) is 5.02. The summed E-state index contributed by atoms with van der Waals surface area (Å²) in [5.41, 5.74) is 2.21. The highest BCUT2D eigenvalue weighted by Crippen LogP contribution is 2.70. The van der Waals surface area contributed by atoms with Crippen LogP contribution < -0.4 is 5.32 Å². The maximum Gasteiger partial charge on any atom is 0.162 e. The number of Topliss-reactive ketones (excluding diaryl/α,β-unsaturated/α-hetero) is 2. The molecule has 3 unspecified atom stereocenters. The molecular weight excluding hydrogens is 514 g/mol. The van der Waals surface area contributed by atoms with E-state index >= 15 is 0 Å². The van der Waals surface area contributed by atoms with Crippen molar-refractivity contribution in [3.8, 4) is 0 Å². The van der Waals surface area contributed by atoms with Gasteiger partial charge in [0.2, 0.25) is 0 Å². The van der Waals surface area contributed by atoms with Crippen molar-refractivity contribution >= 4 is 11.6 Å². The molecule has 0 aromatic heterocycles. The van der Waals surface area contributed by atoms with Crippen LogP contribution in [0.2, 0.25) is 0 Å². The molecule has 3 nitrogen and oxygen atoms in total. The van der Waals surface area contributed by atoms with Crippen molar-refractivity contribution in [1.82, 2.24) is 5.32 Å². The van der Waals surface area contributed by atoms with Crippen LogP contribution in [0.15, 0.2) is 66.5 Å². The molecule has 1 aliphatic heterocycles. The van der Waals surface area contributed by atoms with Crippen molar-refractivity contribution in [2.24, 2.45) is 51.8 Å². The van der Waals surface area contributed by atoms with Crippen LogP contribution in [0.1, 0.15) is 115 Å². The first-order valence-electron chi connectivity index (χ1n) is 17.1. The van der Waals surface area contributed by atoms with Gasteiger partial charge in [-0.05, 0) is 117 Å². The van der Waals surface area contributed by atoms with Gasteiger partial charge >= 0.3 is 0 Å². The van der Waals surface area contributed by atoms with Gasteiger partial charge in [-0.15, -0.1) is 0 Å². The molecule has 4 aliphatic carbocycles. The van der Waals surface area contributed by atoms with Crippen LogP contribution in [0.5, 0.6) is 0 Å². The molecule has 0 amide bonds. The molecule has 4 fully saturated rings. The van der Waals surface area contributed by atoms with Gasteiger partial charge in [-0.2, -0.15) is 0 Å². The van der Waals surface area contributed by atoms with Crippen molar-refractivity contribution in [2.75, 3.05) is 0 Å². The van der Waals surface area contributed by atoms with Crippen molar-refractivity contribution in [1.29, 1.82) is 0 Å². The fourth-order valence-corrected chi connectivity index (χ4v) is 11.4. The molecule has 0 spiro atoms. The van der Waals surface area contributed by atoms with Gasteiger partial charge in [0.05, 0.1) is 5.41 Å². The quantitative estimate of drug-likeness (QED) is 0.251. The molecule has 0 saturated heterocycles. The summed E-state index contributed by atoms with van der Waals surface area (Å²) in [6, 6.07) is 9.79.